The largest absolute Gasteiger partial charge is 0.378 e. The molecule has 0 saturated heterocycles. The molecule has 3 heteroatoms. The molecule has 0 radical (unpaired) electrons. The van der Waals surface area contributed by atoms with E-state index in [0.717, 1.165) is 11.4 Å². The lowest BCUT2D eigenvalue weighted by Crippen LogP contribution is -2.09. The molecule has 3 nitrogen and oxygen atoms in total. The molecule has 1 amide bonds. The first-order chi connectivity index (χ1) is 9.95. The molecule has 2 rings (SSSR count). The summed E-state index contributed by atoms with van der Waals surface area (Å²) in [5, 5.41) is 6.26. The molecule has 1 unspecified atom stereocenters. The minimum Gasteiger partial charge on any atom is -0.378 e. The summed E-state index contributed by atoms with van der Waals surface area (Å²) >= 11 is 0. The number of hydrogen-bond acceptors (Lipinski definition) is 2. The third-order valence-electron chi connectivity index (χ3n) is 3.60. The van der Waals surface area contributed by atoms with Crippen molar-refractivity contribution in [3.63, 3.8) is 0 Å². The minimum absolute atomic E-state index is 0.0608. The summed E-state index contributed by atoms with van der Waals surface area (Å²) in [7, 11) is 0. The van der Waals surface area contributed by atoms with E-state index in [1.54, 1.807) is 0 Å². The highest BCUT2D eigenvalue weighted by atomic mass is 16.1. The van der Waals surface area contributed by atoms with Crippen molar-refractivity contribution >= 4 is 17.3 Å². The molecule has 0 aromatic heterocycles. The highest BCUT2D eigenvalue weighted by Crippen LogP contribution is 2.23. The molecule has 0 spiro atoms. The molecule has 2 aromatic rings. The summed E-state index contributed by atoms with van der Waals surface area (Å²) in [6.45, 7) is 7.89. The zero-order valence-corrected chi connectivity index (χ0v) is 13.0. The number of hydrogen-bond donors (Lipinski definition) is 2. The zero-order valence-electron chi connectivity index (χ0n) is 13.0. The number of aryl methyl sites for hydroxylation is 2. The Morgan fingerprint density at radius 3 is 2.38 bits per heavy atom. The molecular weight excluding hydrogens is 260 g/mol. The Balaban J connectivity index is 2.13. The van der Waals surface area contributed by atoms with Gasteiger partial charge in [0.2, 0.25) is 5.91 Å². The van der Waals surface area contributed by atoms with E-state index in [4.69, 9.17) is 0 Å². The molecule has 2 N–H and O–H groups in total. The summed E-state index contributed by atoms with van der Waals surface area (Å²) in [4.78, 5) is 11.1. The van der Waals surface area contributed by atoms with E-state index in [-0.39, 0.29) is 11.9 Å². The Bertz CT molecular complexity index is 649. The fraction of sp³-hybridized carbons (Fsp3) is 0.278. The third kappa shape index (κ3) is 4.09. The SMILES string of the molecule is CC(=O)Nc1cccc(NC(C)c2ccc(C)c(C)c2)c1. The standard InChI is InChI=1S/C18H22N2O/c1-12-8-9-16(10-13(12)2)14(3)19-17-6-5-7-18(11-17)20-15(4)21/h5-11,14,19H,1-4H3,(H,20,21). The van der Waals surface area contributed by atoms with Crippen molar-refractivity contribution in [3.8, 4) is 0 Å². The van der Waals surface area contributed by atoms with Crippen LogP contribution in [0.1, 0.15) is 36.6 Å². The molecule has 0 fully saturated rings. The molecule has 0 aliphatic rings. The van der Waals surface area contributed by atoms with Crippen molar-refractivity contribution in [1.82, 2.24) is 0 Å². The predicted molar refractivity (Wildman–Crippen MR) is 88.7 cm³/mol. The van der Waals surface area contributed by atoms with E-state index in [9.17, 15) is 4.79 Å². The highest BCUT2D eigenvalue weighted by Gasteiger charge is 2.07. The van der Waals surface area contributed by atoms with E-state index >= 15 is 0 Å². The Morgan fingerprint density at radius 1 is 1.00 bits per heavy atom. The van der Waals surface area contributed by atoms with Gasteiger partial charge >= 0.3 is 0 Å². The van der Waals surface area contributed by atoms with E-state index in [1.807, 2.05) is 24.3 Å². The number of anilines is 2. The topological polar surface area (TPSA) is 41.1 Å². The van der Waals surface area contributed by atoms with E-state index in [0.29, 0.717) is 0 Å². The van der Waals surface area contributed by atoms with Gasteiger partial charge in [-0.3, -0.25) is 4.79 Å². The van der Waals surface area contributed by atoms with E-state index in [2.05, 4.69) is 49.6 Å². The number of benzene rings is 2. The smallest absolute Gasteiger partial charge is 0.221 e. The molecule has 0 heterocycles. The van der Waals surface area contributed by atoms with Crippen LogP contribution in [-0.4, -0.2) is 5.91 Å². The van der Waals surface area contributed by atoms with Gasteiger partial charge in [0.15, 0.2) is 0 Å². The van der Waals surface area contributed by atoms with Crippen molar-refractivity contribution in [2.24, 2.45) is 0 Å². The summed E-state index contributed by atoms with van der Waals surface area (Å²) in [5.74, 6) is -0.0608. The van der Waals surface area contributed by atoms with Gasteiger partial charge in [0.1, 0.15) is 0 Å². The normalized spacial score (nSPS) is 11.8. The van der Waals surface area contributed by atoms with Gasteiger partial charge in [-0.2, -0.15) is 0 Å². The summed E-state index contributed by atoms with van der Waals surface area (Å²) in [6.07, 6.45) is 0. The van der Waals surface area contributed by atoms with E-state index < -0.39 is 0 Å². The van der Waals surface area contributed by atoms with E-state index in [1.165, 1.54) is 23.6 Å². The Morgan fingerprint density at radius 2 is 1.71 bits per heavy atom. The Kier molecular flexibility index (Phi) is 4.63. The van der Waals surface area contributed by atoms with Gasteiger partial charge in [-0.25, -0.2) is 0 Å². The molecule has 21 heavy (non-hydrogen) atoms. The monoisotopic (exact) mass is 282 g/mol. The van der Waals surface area contributed by atoms with Gasteiger partial charge in [-0.05, 0) is 55.7 Å². The van der Waals surface area contributed by atoms with Gasteiger partial charge in [0, 0.05) is 24.3 Å². The number of amides is 1. The fourth-order valence-electron chi connectivity index (χ4n) is 2.26. The van der Waals surface area contributed by atoms with Crippen LogP contribution in [0.5, 0.6) is 0 Å². The molecular formula is C18H22N2O. The molecule has 0 bridgehead atoms. The first-order valence-electron chi connectivity index (χ1n) is 7.17. The molecule has 1 atom stereocenters. The van der Waals surface area contributed by atoms with Crippen LogP contribution >= 0.6 is 0 Å². The Labute approximate surface area is 126 Å². The first kappa shape index (κ1) is 15.1. The number of carbonyl (C=O) groups is 1. The number of carbonyl (C=O) groups excluding carboxylic acids is 1. The average molecular weight is 282 g/mol. The summed E-state index contributed by atoms with van der Waals surface area (Å²) in [5.41, 5.74) is 5.65. The van der Waals surface area contributed by atoms with Gasteiger partial charge in [0.25, 0.3) is 0 Å². The Hall–Kier alpha value is -2.29. The predicted octanol–water partition coefficient (Wildman–Crippen LogP) is 4.43. The van der Waals surface area contributed by atoms with Crippen LogP contribution in [0.15, 0.2) is 42.5 Å². The molecule has 2 aromatic carbocycles. The lowest BCUT2D eigenvalue weighted by molar-refractivity contribution is -0.114. The maximum atomic E-state index is 11.1. The molecule has 110 valence electrons. The summed E-state index contributed by atoms with van der Waals surface area (Å²) in [6, 6.07) is 14.5. The lowest BCUT2D eigenvalue weighted by Gasteiger charge is -2.17. The molecule has 0 saturated carbocycles. The second-order valence-electron chi connectivity index (χ2n) is 5.47. The van der Waals surface area contributed by atoms with Crippen molar-refractivity contribution in [1.29, 1.82) is 0 Å². The molecule has 0 aliphatic carbocycles. The number of nitrogens with one attached hydrogen (secondary N) is 2. The van der Waals surface area contributed by atoms with Crippen LogP contribution in [0, 0.1) is 13.8 Å². The van der Waals surface area contributed by atoms with Gasteiger partial charge in [0.05, 0.1) is 0 Å². The van der Waals surface area contributed by atoms with Crippen LogP contribution < -0.4 is 10.6 Å². The number of rotatable bonds is 4. The van der Waals surface area contributed by atoms with Crippen molar-refractivity contribution < 1.29 is 4.79 Å². The fourth-order valence-corrected chi connectivity index (χ4v) is 2.26. The molecule has 0 aliphatic heterocycles. The van der Waals surface area contributed by atoms with Crippen molar-refractivity contribution in [3.05, 3.63) is 59.2 Å². The maximum absolute atomic E-state index is 11.1. The average Bonchev–Trinajstić information content (AvgIpc) is 2.41. The lowest BCUT2D eigenvalue weighted by atomic mass is 10.0. The van der Waals surface area contributed by atoms with Crippen LogP contribution in [0.2, 0.25) is 0 Å². The summed E-state index contributed by atoms with van der Waals surface area (Å²) < 4.78 is 0. The van der Waals surface area contributed by atoms with Crippen molar-refractivity contribution in [2.75, 3.05) is 10.6 Å². The second kappa shape index (κ2) is 6.44. The van der Waals surface area contributed by atoms with Crippen LogP contribution in [0.4, 0.5) is 11.4 Å². The highest BCUT2D eigenvalue weighted by molar-refractivity contribution is 5.89. The van der Waals surface area contributed by atoms with Gasteiger partial charge in [-0.1, -0.05) is 24.3 Å². The zero-order chi connectivity index (χ0) is 15.4. The minimum atomic E-state index is -0.0608. The van der Waals surface area contributed by atoms with Crippen LogP contribution in [0.25, 0.3) is 0 Å². The maximum Gasteiger partial charge on any atom is 0.221 e. The second-order valence-corrected chi connectivity index (χ2v) is 5.47. The van der Waals surface area contributed by atoms with Gasteiger partial charge in [-0.15, -0.1) is 0 Å². The van der Waals surface area contributed by atoms with Crippen LogP contribution in [-0.2, 0) is 4.79 Å². The van der Waals surface area contributed by atoms with Crippen LogP contribution in [0.3, 0.4) is 0 Å². The third-order valence-corrected chi connectivity index (χ3v) is 3.60. The van der Waals surface area contributed by atoms with Gasteiger partial charge < -0.3 is 10.6 Å². The quantitative estimate of drug-likeness (QED) is 0.870. The first-order valence-corrected chi connectivity index (χ1v) is 7.17. The van der Waals surface area contributed by atoms with Crippen molar-refractivity contribution in [2.45, 2.75) is 33.7 Å².